The maximum atomic E-state index is 9.59. The fourth-order valence-corrected chi connectivity index (χ4v) is 0.401. The largest absolute Gasteiger partial charge is 0.434 e. The third-order valence-corrected chi connectivity index (χ3v) is 1.95. The van der Waals surface area contributed by atoms with Crippen molar-refractivity contribution in [1.29, 1.82) is 0 Å². The molecule has 0 rings (SSSR count). The Hall–Kier alpha value is 0.0499. The molecule has 0 aromatic carbocycles. The van der Waals surface area contributed by atoms with Gasteiger partial charge in [-0.1, -0.05) is 6.22 Å². The van der Waals surface area contributed by atoms with Crippen molar-refractivity contribution in [3.8, 4) is 0 Å². The summed E-state index contributed by atoms with van der Waals surface area (Å²) in [6, 6.07) is 0. The Balaban J connectivity index is 4.00. The molecule has 0 fully saturated rings. The molecule has 61 valence electrons. The molecule has 1 N–H and O–H groups in total. The molecule has 0 aromatic rings. The van der Waals surface area contributed by atoms with E-state index >= 15 is 0 Å². The van der Waals surface area contributed by atoms with Gasteiger partial charge in [-0.25, -0.2) is 0 Å². The molecular formula is C7H15B2O2. The number of aliphatic hydroxyl groups is 1. The van der Waals surface area contributed by atoms with Gasteiger partial charge in [0.15, 0.2) is 0 Å². The highest BCUT2D eigenvalue weighted by Crippen LogP contribution is 2.24. The van der Waals surface area contributed by atoms with Crippen LogP contribution in [0.25, 0.3) is 0 Å². The van der Waals surface area contributed by atoms with Crippen LogP contribution in [0, 0.1) is 0 Å². The van der Waals surface area contributed by atoms with E-state index < -0.39 is 11.2 Å². The zero-order valence-electron chi connectivity index (χ0n) is 7.72. The molecule has 0 saturated carbocycles. The summed E-state index contributed by atoms with van der Waals surface area (Å²) in [6.07, 6.45) is 0.361. The molecular weight excluding hydrogens is 138 g/mol. The van der Waals surface area contributed by atoms with E-state index in [4.69, 9.17) is 12.5 Å². The van der Waals surface area contributed by atoms with Crippen LogP contribution in [-0.2, 0) is 4.65 Å². The highest BCUT2D eigenvalue weighted by atomic mass is 16.5. The quantitative estimate of drug-likeness (QED) is 0.602. The van der Waals surface area contributed by atoms with Crippen molar-refractivity contribution in [2.45, 2.75) is 45.1 Å². The van der Waals surface area contributed by atoms with Crippen molar-refractivity contribution in [3.63, 3.8) is 0 Å². The Morgan fingerprint density at radius 2 is 1.82 bits per heavy atom. The normalized spacial score (nSPS) is 13.2. The van der Waals surface area contributed by atoms with Gasteiger partial charge < -0.3 is 9.76 Å². The second-order valence-corrected chi connectivity index (χ2v) is 3.59. The minimum atomic E-state index is -0.862. The molecule has 0 atom stereocenters. The van der Waals surface area contributed by atoms with Crippen molar-refractivity contribution in [2.75, 3.05) is 0 Å². The first-order chi connectivity index (χ1) is 4.81. The van der Waals surface area contributed by atoms with Gasteiger partial charge in [-0.15, -0.1) is 0 Å². The van der Waals surface area contributed by atoms with E-state index in [1.54, 1.807) is 13.8 Å². The number of hydrogen-bond donors (Lipinski definition) is 1. The summed E-state index contributed by atoms with van der Waals surface area (Å²) in [6.45, 7) is 7.05. The monoisotopic (exact) mass is 153 g/mol. The molecule has 2 nitrogen and oxygen atoms in total. The van der Waals surface area contributed by atoms with Crippen LogP contribution in [0.3, 0.4) is 0 Å². The van der Waals surface area contributed by atoms with Gasteiger partial charge in [0.1, 0.15) is 0 Å². The van der Waals surface area contributed by atoms with Gasteiger partial charge in [0.25, 0.3) is 7.48 Å². The molecule has 0 aliphatic rings. The fourth-order valence-electron chi connectivity index (χ4n) is 0.401. The molecule has 0 amide bonds. The minimum absolute atomic E-state index is 0.361. The first-order valence-corrected chi connectivity index (χ1v) is 3.73. The predicted molar refractivity (Wildman–Crippen MR) is 47.8 cm³/mol. The van der Waals surface area contributed by atoms with Crippen LogP contribution in [0.4, 0.5) is 0 Å². The van der Waals surface area contributed by atoms with Crippen LogP contribution in [0.15, 0.2) is 0 Å². The Morgan fingerprint density at radius 1 is 1.36 bits per heavy atom. The van der Waals surface area contributed by atoms with Gasteiger partial charge in [0.2, 0.25) is 0 Å². The Morgan fingerprint density at radius 3 is 2.09 bits per heavy atom. The maximum Gasteiger partial charge on any atom is 0.284 e. The maximum absolute atomic E-state index is 9.59. The van der Waals surface area contributed by atoms with Crippen molar-refractivity contribution in [3.05, 3.63) is 0 Å². The van der Waals surface area contributed by atoms with Crippen molar-refractivity contribution in [1.82, 2.24) is 0 Å². The topological polar surface area (TPSA) is 29.5 Å². The van der Waals surface area contributed by atoms with Crippen molar-refractivity contribution >= 4 is 15.3 Å². The molecule has 0 saturated heterocycles. The van der Waals surface area contributed by atoms with E-state index in [-0.39, 0.29) is 0 Å². The van der Waals surface area contributed by atoms with Gasteiger partial charge in [0, 0.05) is 0 Å². The Labute approximate surface area is 71.0 Å². The fraction of sp³-hybridized carbons (Fsp3) is 1.00. The summed E-state index contributed by atoms with van der Waals surface area (Å²) in [5, 5.41) is 9.59. The molecule has 0 aromatic heterocycles. The molecule has 0 spiro atoms. The van der Waals surface area contributed by atoms with Gasteiger partial charge in [0.05, 0.1) is 19.0 Å². The SMILES string of the molecule is [B]C[B]OC(C)(C)C(C)(C)O. The first kappa shape index (κ1) is 11.0. The summed E-state index contributed by atoms with van der Waals surface area (Å²) in [5.41, 5.74) is -1.45. The van der Waals surface area contributed by atoms with Crippen LogP contribution >= 0.6 is 0 Å². The number of hydrogen-bond acceptors (Lipinski definition) is 2. The molecule has 3 radical (unpaired) electrons. The summed E-state index contributed by atoms with van der Waals surface area (Å²) in [4.78, 5) is 0. The van der Waals surface area contributed by atoms with Crippen molar-refractivity contribution < 1.29 is 9.76 Å². The summed E-state index contributed by atoms with van der Waals surface area (Å²) in [5.74, 6) is 0. The average molecular weight is 153 g/mol. The molecule has 0 bridgehead atoms. The lowest BCUT2D eigenvalue weighted by atomic mass is 9.78. The van der Waals surface area contributed by atoms with Gasteiger partial charge >= 0.3 is 0 Å². The molecule has 0 aliphatic heterocycles. The average Bonchev–Trinajstić information content (AvgIpc) is 1.81. The first-order valence-electron chi connectivity index (χ1n) is 3.73. The second-order valence-electron chi connectivity index (χ2n) is 3.59. The molecule has 0 aliphatic carbocycles. The third kappa shape index (κ3) is 3.30. The summed E-state index contributed by atoms with van der Waals surface area (Å²) >= 11 is 0. The molecule has 11 heavy (non-hydrogen) atoms. The van der Waals surface area contributed by atoms with Crippen LogP contribution in [0.1, 0.15) is 27.7 Å². The summed E-state index contributed by atoms with van der Waals surface area (Å²) in [7, 11) is 6.71. The van der Waals surface area contributed by atoms with Gasteiger partial charge in [-0.2, -0.15) is 0 Å². The number of rotatable bonds is 4. The van der Waals surface area contributed by atoms with Crippen LogP contribution < -0.4 is 0 Å². The summed E-state index contributed by atoms with van der Waals surface area (Å²) < 4.78 is 5.24. The van der Waals surface area contributed by atoms with E-state index in [1.807, 2.05) is 13.8 Å². The highest BCUT2D eigenvalue weighted by Gasteiger charge is 2.35. The Kier molecular flexibility index (Phi) is 3.65. The standard InChI is InChI=1S/C7H15B2O2/c1-6(2,10)7(3,4)11-9-5-8/h10H,5H2,1-4H3. The Bertz CT molecular complexity index is 118. The van der Waals surface area contributed by atoms with Gasteiger partial charge in [-0.05, 0) is 27.7 Å². The lowest BCUT2D eigenvalue weighted by molar-refractivity contribution is -0.0900. The van der Waals surface area contributed by atoms with E-state index in [0.717, 1.165) is 0 Å². The lowest BCUT2D eigenvalue weighted by Gasteiger charge is -2.37. The van der Waals surface area contributed by atoms with Crippen LogP contribution in [0.2, 0.25) is 6.22 Å². The molecule has 0 unspecified atom stereocenters. The lowest BCUT2D eigenvalue weighted by Crippen LogP contribution is -2.47. The molecule has 0 heterocycles. The van der Waals surface area contributed by atoms with Crippen LogP contribution in [-0.4, -0.2) is 31.6 Å². The third-order valence-electron chi connectivity index (χ3n) is 1.95. The zero-order valence-corrected chi connectivity index (χ0v) is 7.72. The van der Waals surface area contributed by atoms with E-state index in [0.29, 0.717) is 6.22 Å². The second kappa shape index (κ2) is 3.63. The molecule has 4 heteroatoms. The smallest absolute Gasteiger partial charge is 0.284 e. The zero-order chi connectivity index (χ0) is 9.12. The predicted octanol–water partition coefficient (Wildman–Crippen LogP) is 0.716. The van der Waals surface area contributed by atoms with E-state index in [2.05, 4.69) is 0 Å². The van der Waals surface area contributed by atoms with Crippen molar-refractivity contribution in [2.24, 2.45) is 0 Å². The van der Waals surface area contributed by atoms with E-state index in [9.17, 15) is 5.11 Å². The van der Waals surface area contributed by atoms with Crippen LogP contribution in [0.5, 0.6) is 0 Å². The van der Waals surface area contributed by atoms with E-state index in [1.165, 1.54) is 7.48 Å². The highest BCUT2D eigenvalue weighted by molar-refractivity contribution is 6.41. The minimum Gasteiger partial charge on any atom is -0.434 e. The van der Waals surface area contributed by atoms with Gasteiger partial charge in [-0.3, -0.25) is 0 Å².